The van der Waals surface area contributed by atoms with Gasteiger partial charge >= 0.3 is 0 Å². The first-order valence-electron chi connectivity index (χ1n) is 8.58. The number of thiophene rings is 1. The number of hydrogen-bond acceptors (Lipinski definition) is 1. The zero-order valence-electron chi connectivity index (χ0n) is 15.3. The lowest BCUT2D eigenvalue weighted by Crippen LogP contribution is -1.78. The molecule has 0 fully saturated rings. The third-order valence-corrected chi connectivity index (χ3v) is 4.89. The Kier molecular flexibility index (Phi) is 1.88. The van der Waals surface area contributed by atoms with Crippen molar-refractivity contribution >= 4 is 47.4 Å². The Morgan fingerprint density at radius 1 is 0.950 bits per heavy atom. The maximum absolute atomic E-state index is 8.27. The Morgan fingerprint density at radius 3 is 2.60 bits per heavy atom. The molecule has 2 heteroatoms. The van der Waals surface area contributed by atoms with Gasteiger partial charge in [-0.25, -0.2) is 0 Å². The molecule has 0 nitrogen and oxygen atoms in total. The van der Waals surface area contributed by atoms with Crippen LogP contribution in [0.4, 0.5) is 0 Å². The Labute approximate surface area is 136 Å². The molecule has 96 valence electrons. The fourth-order valence-corrected chi connectivity index (χ4v) is 4.02. The minimum atomic E-state index is -0.374. The monoisotopic (exact) mass is 343 g/mol. The zero-order valence-corrected chi connectivity index (χ0v) is 12.7. The summed E-state index contributed by atoms with van der Waals surface area (Å²) >= 11 is 5.07. The smallest absolute Gasteiger partial charge is 0.0629 e. The fraction of sp³-hybridized carbons (Fsp3) is 0. The molecule has 0 N–H and O–H groups in total. The van der Waals surface area contributed by atoms with E-state index in [1.165, 1.54) is 0 Å². The van der Waals surface area contributed by atoms with Gasteiger partial charge < -0.3 is 0 Å². The Hall–Kier alpha value is -1.64. The van der Waals surface area contributed by atoms with Crippen molar-refractivity contribution in [2.75, 3.05) is 0 Å². The number of fused-ring (bicyclic) bond motifs is 3. The lowest BCUT2D eigenvalue weighted by molar-refractivity contribution is 1.66. The lowest BCUT2D eigenvalue weighted by Gasteiger charge is -2.04. The van der Waals surface area contributed by atoms with Crippen LogP contribution in [0.3, 0.4) is 0 Å². The number of halogens is 1. The van der Waals surface area contributed by atoms with E-state index in [9.17, 15) is 0 Å². The van der Waals surface area contributed by atoms with E-state index < -0.39 is 0 Å². The Morgan fingerprint density at radius 2 is 1.75 bits per heavy atom. The maximum atomic E-state index is 8.27. The topological polar surface area (TPSA) is 0 Å². The summed E-state index contributed by atoms with van der Waals surface area (Å²) in [5.74, 6) is 0. The van der Waals surface area contributed by atoms with E-state index in [0.717, 1.165) is 24.6 Å². The van der Waals surface area contributed by atoms with Gasteiger partial charge in [0.15, 0.2) is 0 Å². The van der Waals surface area contributed by atoms with Gasteiger partial charge in [-0.3, -0.25) is 0 Å². The average Bonchev–Trinajstić information content (AvgIpc) is 2.97. The van der Waals surface area contributed by atoms with Gasteiger partial charge in [0.25, 0.3) is 0 Å². The van der Waals surface area contributed by atoms with Crippen LogP contribution in [-0.4, -0.2) is 0 Å². The summed E-state index contributed by atoms with van der Waals surface area (Å²) in [4.78, 5) is 0. The van der Waals surface area contributed by atoms with Crippen molar-refractivity contribution in [1.82, 2.24) is 0 Å². The molecule has 0 aliphatic rings. The molecule has 1 heterocycles. The number of hydrogen-bond donors (Lipinski definition) is 0. The van der Waals surface area contributed by atoms with Crippen molar-refractivity contribution in [3.8, 4) is 11.1 Å². The van der Waals surface area contributed by atoms with Crippen LogP contribution in [0.5, 0.6) is 0 Å². The van der Waals surface area contributed by atoms with Crippen LogP contribution in [0.15, 0.2) is 71.1 Å². The third-order valence-electron chi connectivity index (χ3n) is 3.21. The molecule has 3 aromatic carbocycles. The number of benzene rings is 3. The normalized spacial score (nSPS) is 14.8. The van der Waals surface area contributed by atoms with Gasteiger partial charge in [-0.1, -0.05) is 64.3 Å². The molecule has 4 rings (SSSR count). The number of rotatable bonds is 1. The molecule has 0 radical (unpaired) electrons. The van der Waals surface area contributed by atoms with E-state index >= 15 is 0 Å². The molecule has 0 spiro atoms. The van der Waals surface area contributed by atoms with Crippen LogP contribution in [-0.2, 0) is 0 Å². The van der Waals surface area contributed by atoms with Crippen LogP contribution in [0.1, 0.15) is 6.85 Å². The average molecular weight is 344 g/mol. The van der Waals surface area contributed by atoms with E-state index in [0.29, 0.717) is 5.56 Å². The van der Waals surface area contributed by atoms with Crippen LogP contribution >= 0.6 is 27.3 Å². The molecule has 4 aromatic rings. The van der Waals surface area contributed by atoms with Crippen LogP contribution in [0.2, 0.25) is 0 Å². The summed E-state index contributed by atoms with van der Waals surface area (Å²) in [6.07, 6.45) is 0. The van der Waals surface area contributed by atoms with Crippen molar-refractivity contribution in [3.63, 3.8) is 0 Å². The highest BCUT2D eigenvalue weighted by Gasteiger charge is 2.11. The van der Waals surface area contributed by atoms with E-state index in [2.05, 4.69) is 15.9 Å². The summed E-state index contributed by atoms with van der Waals surface area (Å²) in [6, 6.07) is 10.5. The first kappa shape index (κ1) is 7.96. The molecule has 1 aromatic heterocycles. The molecular weight excluding hydrogens is 328 g/mol. The van der Waals surface area contributed by atoms with Crippen molar-refractivity contribution in [2.24, 2.45) is 0 Å². The molecule has 0 unspecified atom stereocenters. The van der Waals surface area contributed by atoms with Crippen molar-refractivity contribution in [2.45, 2.75) is 0 Å². The summed E-state index contributed by atoms with van der Waals surface area (Å²) in [6.45, 7) is 0. The van der Waals surface area contributed by atoms with Gasteiger partial charge in [0, 0.05) is 30.2 Å². The predicted molar refractivity (Wildman–Crippen MR) is 92.5 cm³/mol. The van der Waals surface area contributed by atoms with Crippen LogP contribution in [0, 0.1) is 0 Å². The van der Waals surface area contributed by atoms with Gasteiger partial charge in [-0.15, -0.1) is 11.3 Å². The maximum Gasteiger partial charge on any atom is 0.0629 e. The largest absolute Gasteiger partial charge is 0.135 e. The van der Waals surface area contributed by atoms with Gasteiger partial charge in [0.05, 0.1) is 6.85 Å². The first-order valence-corrected chi connectivity index (χ1v) is 7.69. The minimum absolute atomic E-state index is 0.178. The van der Waals surface area contributed by atoms with Crippen LogP contribution < -0.4 is 0 Å². The van der Waals surface area contributed by atoms with Crippen LogP contribution in [0.25, 0.3) is 31.3 Å². The molecule has 0 amide bonds. The molecule has 0 bridgehead atoms. The summed E-state index contributed by atoms with van der Waals surface area (Å²) < 4.78 is 43.0. The fourth-order valence-electron chi connectivity index (χ4n) is 2.36. The van der Waals surface area contributed by atoms with Crippen molar-refractivity contribution in [1.29, 1.82) is 0 Å². The highest BCUT2D eigenvalue weighted by molar-refractivity contribution is 9.10. The van der Waals surface area contributed by atoms with E-state index in [1.807, 2.05) is 36.4 Å². The van der Waals surface area contributed by atoms with E-state index in [4.69, 9.17) is 6.85 Å². The second-order valence-electron chi connectivity index (χ2n) is 4.43. The Balaban J connectivity index is 2.19. The van der Waals surface area contributed by atoms with Gasteiger partial charge in [-0.2, -0.15) is 0 Å². The second kappa shape index (κ2) is 4.72. The summed E-state index contributed by atoms with van der Waals surface area (Å²) in [5.41, 5.74) is 0.895. The molecule has 0 saturated heterocycles. The SMILES string of the molecule is [2H]c1c([2H])c([2H])c(-c2cc(Br)cc3c2sc2ccccc23)c([2H])c1[2H]. The quantitative estimate of drug-likeness (QED) is 0.370. The molecular formula is C18H11BrS. The minimum Gasteiger partial charge on any atom is -0.135 e. The summed E-state index contributed by atoms with van der Waals surface area (Å²) in [7, 11) is 0. The molecule has 0 aliphatic heterocycles. The molecule has 20 heavy (non-hydrogen) atoms. The first-order chi connectivity index (χ1) is 11.9. The highest BCUT2D eigenvalue weighted by Crippen LogP contribution is 2.41. The standard InChI is InChI=1S/C18H11BrS/c19-13-10-15(12-6-2-1-3-7-12)18-16(11-13)14-8-4-5-9-17(14)20-18/h1-11H/i1D,2D,3D,6D,7D. The van der Waals surface area contributed by atoms with Gasteiger partial charge in [0.2, 0.25) is 0 Å². The molecule has 0 aliphatic carbocycles. The summed E-state index contributed by atoms with van der Waals surface area (Å²) in [5, 5.41) is 2.11. The Bertz CT molecular complexity index is 1140. The van der Waals surface area contributed by atoms with Crippen molar-refractivity contribution < 1.29 is 6.85 Å². The lowest BCUT2D eigenvalue weighted by atomic mass is 10.0. The third kappa shape index (κ3) is 1.88. The zero-order chi connectivity index (χ0) is 17.9. The van der Waals surface area contributed by atoms with E-state index in [-0.39, 0.29) is 35.8 Å². The highest BCUT2D eigenvalue weighted by atomic mass is 79.9. The van der Waals surface area contributed by atoms with Crippen molar-refractivity contribution in [3.05, 3.63) is 71.1 Å². The predicted octanol–water partition coefficient (Wildman–Crippen LogP) is 6.48. The molecule has 0 saturated carbocycles. The van der Waals surface area contributed by atoms with Gasteiger partial charge in [0.1, 0.15) is 0 Å². The van der Waals surface area contributed by atoms with Gasteiger partial charge in [-0.05, 0) is 23.8 Å². The second-order valence-corrected chi connectivity index (χ2v) is 6.40. The molecule has 0 atom stereocenters. The van der Waals surface area contributed by atoms with E-state index in [1.54, 1.807) is 11.3 Å².